The van der Waals surface area contributed by atoms with E-state index >= 15 is 0 Å². The van der Waals surface area contributed by atoms with Gasteiger partial charge in [-0.25, -0.2) is 4.79 Å². The fourth-order valence-corrected chi connectivity index (χ4v) is 2.18. The molecule has 2 aromatic rings. The van der Waals surface area contributed by atoms with Gasteiger partial charge in [0.05, 0.1) is 12.8 Å². The number of hydrogen-bond acceptors (Lipinski definition) is 3. The van der Waals surface area contributed by atoms with Gasteiger partial charge in [-0.2, -0.15) is 0 Å². The van der Waals surface area contributed by atoms with Crippen LogP contribution in [0.1, 0.15) is 12.5 Å². The van der Waals surface area contributed by atoms with Crippen LogP contribution < -0.4 is 10.1 Å². The first-order chi connectivity index (χ1) is 9.97. The van der Waals surface area contributed by atoms with Gasteiger partial charge < -0.3 is 15.2 Å². The molecule has 4 nitrogen and oxygen atoms in total. The average molecular weight is 306 g/mol. The van der Waals surface area contributed by atoms with E-state index in [2.05, 4.69) is 5.32 Å². The van der Waals surface area contributed by atoms with Gasteiger partial charge in [0.1, 0.15) is 5.75 Å². The molecule has 0 aromatic heterocycles. The number of benzene rings is 2. The van der Waals surface area contributed by atoms with Crippen LogP contribution in [0.3, 0.4) is 0 Å². The van der Waals surface area contributed by atoms with Crippen molar-refractivity contribution in [3.05, 3.63) is 59.1 Å². The smallest absolute Gasteiger partial charge is 0.333 e. The highest BCUT2D eigenvalue weighted by molar-refractivity contribution is 6.30. The molecule has 0 amide bonds. The van der Waals surface area contributed by atoms with Crippen LogP contribution in [-0.2, 0) is 10.3 Å². The van der Waals surface area contributed by atoms with E-state index in [1.165, 1.54) is 0 Å². The van der Waals surface area contributed by atoms with Crippen molar-refractivity contribution in [1.82, 2.24) is 0 Å². The fraction of sp³-hybridized carbons (Fsp3) is 0.188. The topological polar surface area (TPSA) is 58.6 Å². The molecule has 1 atom stereocenters. The van der Waals surface area contributed by atoms with Gasteiger partial charge in [-0.15, -0.1) is 0 Å². The zero-order chi connectivity index (χ0) is 15.5. The first-order valence-electron chi connectivity index (χ1n) is 6.38. The second-order valence-corrected chi connectivity index (χ2v) is 5.20. The van der Waals surface area contributed by atoms with Crippen LogP contribution in [0, 0.1) is 0 Å². The van der Waals surface area contributed by atoms with Gasteiger partial charge in [-0.1, -0.05) is 35.9 Å². The van der Waals surface area contributed by atoms with Crippen molar-refractivity contribution in [2.45, 2.75) is 12.5 Å². The van der Waals surface area contributed by atoms with E-state index in [1.54, 1.807) is 50.4 Å². The number of carboxylic acids is 1. The lowest BCUT2D eigenvalue weighted by atomic mass is 9.91. The lowest BCUT2D eigenvalue weighted by Crippen LogP contribution is -2.40. The monoisotopic (exact) mass is 305 g/mol. The normalized spacial score (nSPS) is 13.3. The summed E-state index contributed by atoms with van der Waals surface area (Å²) < 4.78 is 5.25. The zero-order valence-electron chi connectivity index (χ0n) is 11.8. The summed E-state index contributed by atoms with van der Waals surface area (Å²) in [6.45, 7) is 1.60. The minimum absolute atomic E-state index is 0.559. The molecule has 0 spiro atoms. The van der Waals surface area contributed by atoms with Crippen molar-refractivity contribution >= 4 is 23.3 Å². The van der Waals surface area contributed by atoms with Gasteiger partial charge in [-0.05, 0) is 36.8 Å². The molecule has 2 aromatic carbocycles. The summed E-state index contributed by atoms with van der Waals surface area (Å²) in [5.41, 5.74) is -0.0793. The molecule has 0 radical (unpaired) electrons. The number of carbonyl (C=O) groups is 1. The van der Waals surface area contributed by atoms with Crippen LogP contribution in [-0.4, -0.2) is 18.2 Å². The molecule has 0 fully saturated rings. The maximum absolute atomic E-state index is 11.8. The van der Waals surface area contributed by atoms with E-state index < -0.39 is 11.5 Å². The third kappa shape index (κ3) is 3.11. The summed E-state index contributed by atoms with van der Waals surface area (Å²) in [5.74, 6) is -0.408. The minimum atomic E-state index is -1.29. The highest BCUT2D eigenvalue weighted by Gasteiger charge is 2.35. The number of aliphatic carboxylic acids is 1. The highest BCUT2D eigenvalue weighted by Crippen LogP contribution is 2.32. The van der Waals surface area contributed by atoms with Gasteiger partial charge in [0.15, 0.2) is 5.54 Å². The van der Waals surface area contributed by atoms with Crippen LogP contribution in [0.4, 0.5) is 5.69 Å². The molecule has 110 valence electrons. The standard InChI is InChI=1S/C16H16ClNO3/c1-16(15(19)20,11-7-9-12(17)10-8-11)18-13-5-3-4-6-14(13)21-2/h3-10,18H,1-2H3,(H,19,20). The van der Waals surface area contributed by atoms with Crippen molar-refractivity contribution in [1.29, 1.82) is 0 Å². The SMILES string of the molecule is COc1ccccc1NC(C)(C(=O)O)c1ccc(Cl)cc1. The highest BCUT2D eigenvalue weighted by atomic mass is 35.5. The number of nitrogens with one attached hydrogen (secondary N) is 1. The Labute approximate surface area is 128 Å². The average Bonchev–Trinajstić information content (AvgIpc) is 2.48. The summed E-state index contributed by atoms with van der Waals surface area (Å²) in [4.78, 5) is 11.8. The Balaban J connectivity index is 2.43. The Morgan fingerprint density at radius 1 is 1.19 bits per heavy atom. The Hall–Kier alpha value is -2.20. The number of rotatable bonds is 5. The van der Waals surface area contributed by atoms with Crippen LogP contribution in [0.25, 0.3) is 0 Å². The van der Waals surface area contributed by atoms with E-state index in [0.717, 1.165) is 0 Å². The number of hydrogen-bond donors (Lipinski definition) is 2. The number of ether oxygens (including phenoxy) is 1. The Kier molecular flexibility index (Phi) is 4.38. The third-order valence-corrected chi connectivity index (χ3v) is 3.59. The molecule has 0 saturated heterocycles. The number of anilines is 1. The quantitative estimate of drug-likeness (QED) is 0.883. The molecule has 0 bridgehead atoms. The maximum atomic E-state index is 11.8. The summed E-state index contributed by atoms with van der Waals surface area (Å²) in [6.07, 6.45) is 0. The molecule has 2 rings (SSSR count). The summed E-state index contributed by atoms with van der Waals surface area (Å²) in [7, 11) is 1.54. The van der Waals surface area contributed by atoms with Gasteiger partial charge in [0.2, 0.25) is 0 Å². The number of methoxy groups -OCH3 is 1. The zero-order valence-corrected chi connectivity index (χ0v) is 12.5. The van der Waals surface area contributed by atoms with Crippen LogP contribution >= 0.6 is 11.6 Å². The fourth-order valence-electron chi connectivity index (χ4n) is 2.05. The summed E-state index contributed by atoms with van der Waals surface area (Å²) in [6, 6.07) is 13.9. The molecular formula is C16H16ClNO3. The maximum Gasteiger partial charge on any atom is 0.333 e. The lowest BCUT2D eigenvalue weighted by molar-refractivity contribution is -0.142. The van der Waals surface area contributed by atoms with Crippen LogP contribution in [0.5, 0.6) is 5.75 Å². The van der Waals surface area contributed by atoms with E-state index in [1.807, 2.05) is 12.1 Å². The van der Waals surface area contributed by atoms with Gasteiger partial charge in [-0.3, -0.25) is 0 Å². The molecule has 5 heteroatoms. The first kappa shape index (κ1) is 15.2. The lowest BCUT2D eigenvalue weighted by Gasteiger charge is -2.28. The van der Waals surface area contributed by atoms with Crippen molar-refractivity contribution in [3.8, 4) is 5.75 Å². The molecule has 0 heterocycles. The molecular weight excluding hydrogens is 290 g/mol. The second kappa shape index (κ2) is 6.06. The predicted molar refractivity (Wildman–Crippen MR) is 83.1 cm³/mol. The molecule has 0 aliphatic heterocycles. The van der Waals surface area contributed by atoms with Gasteiger partial charge in [0.25, 0.3) is 0 Å². The van der Waals surface area contributed by atoms with E-state index in [-0.39, 0.29) is 0 Å². The van der Waals surface area contributed by atoms with Crippen LogP contribution in [0.2, 0.25) is 5.02 Å². The summed E-state index contributed by atoms with van der Waals surface area (Å²) in [5, 5.41) is 13.2. The summed E-state index contributed by atoms with van der Waals surface area (Å²) >= 11 is 5.86. The first-order valence-corrected chi connectivity index (χ1v) is 6.76. The predicted octanol–water partition coefficient (Wildman–Crippen LogP) is 3.76. The molecule has 0 aliphatic rings. The van der Waals surface area contributed by atoms with E-state index in [9.17, 15) is 9.90 Å². The Morgan fingerprint density at radius 2 is 1.81 bits per heavy atom. The third-order valence-electron chi connectivity index (χ3n) is 3.34. The number of para-hydroxylation sites is 2. The largest absolute Gasteiger partial charge is 0.495 e. The number of halogens is 1. The van der Waals surface area contributed by atoms with Gasteiger partial charge in [0, 0.05) is 5.02 Å². The Morgan fingerprint density at radius 3 is 2.38 bits per heavy atom. The minimum Gasteiger partial charge on any atom is -0.495 e. The van der Waals surface area contributed by atoms with Gasteiger partial charge >= 0.3 is 5.97 Å². The Bertz CT molecular complexity index is 642. The molecule has 0 saturated carbocycles. The number of carboxylic acid groups (broad SMARTS) is 1. The van der Waals surface area contributed by atoms with Crippen molar-refractivity contribution in [3.63, 3.8) is 0 Å². The molecule has 0 aliphatic carbocycles. The van der Waals surface area contributed by atoms with Crippen molar-refractivity contribution in [2.24, 2.45) is 0 Å². The van der Waals surface area contributed by atoms with Crippen molar-refractivity contribution < 1.29 is 14.6 Å². The molecule has 21 heavy (non-hydrogen) atoms. The van der Waals surface area contributed by atoms with Crippen molar-refractivity contribution in [2.75, 3.05) is 12.4 Å². The van der Waals surface area contributed by atoms with E-state index in [4.69, 9.17) is 16.3 Å². The van der Waals surface area contributed by atoms with Crippen LogP contribution in [0.15, 0.2) is 48.5 Å². The second-order valence-electron chi connectivity index (χ2n) is 4.76. The molecule has 2 N–H and O–H groups in total. The molecule has 1 unspecified atom stereocenters. The van der Waals surface area contributed by atoms with E-state index in [0.29, 0.717) is 22.0 Å².